The first-order valence-corrected chi connectivity index (χ1v) is 6.92. The van der Waals surface area contributed by atoms with Gasteiger partial charge in [-0.05, 0) is 31.6 Å². The van der Waals surface area contributed by atoms with Crippen LogP contribution in [0.4, 0.5) is 20.2 Å². The average Bonchev–Trinajstić information content (AvgIpc) is 2.73. The van der Waals surface area contributed by atoms with Crippen molar-refractivity contribution in [2.45, 2.75) is 30.6 Å². The number of hydrogen-bond acceptors (Lipinski definition) is 3. The predicted octanol–water partition coefficient (Wildman–Crippen LogP) is 3.24. The standard InChI is InChI=1S/C12H16F2N2S/c1-17-9-3-2-8(6-9)16-11-5-7(13)4-10(14)12(11)15/h4-5,8-9,16H,2-3,6,15H2,1H3. The van der Waals surface area contributed by atoms with Crippen molar-refractivity contribution in [3.8, 4) is 0 Å². The van der Waals surface area contributed by atoms with Crippen molar-refractivity contribution in [1.29, 1.82) is 0 Å². The third-order valence-corrected chi connectivity index (χ3v) is 4.27. The molecule has 1 aliphatic rings. The summed E-state index contributed by atoms with van der Waals surface area (Å²) in [6, 6.07) is 2.32. The van der Waals surface area contributed by atoms with Crippen LogP contribution in [0.15, 0.2) is 12.1 Å². The van der Waals surface area contributed by atoms with E-state index in [0.29, 0.717) is 10.9 Å². The summed E-state index contributed by atoms with van der Waals surface area (Å²) in [5.41, 5.74) is 5.96. The Hall–Kier alpha value is -0.970. The molecule has 1 fully saturated rings. The van der Waals surface area contributed by atoms with Gasteiger partial charge in [0.25, 0.3) is 0 Å². The fourth-order valence-electron chi connectivity index (χ4n) is 2.21. The fraction of sp³-hybridized carbons (Fsp3) is 0.500. The molecule has 0 heterocycles. The highest BCUT2D eigenvalue weighted by molar-refractivity contribution is 7.99. The molecular formula is C12H16F2N2S. The Morgan fingerprint density at radius 2 is 2.12 bits per heavy atom. The van der Waals surface area contributed by atoms with Crippen molar-refractivity contribution in [3.05, 3.63) is 23.8 Å². The molecule has 5 heteroatoms. The van der Waals surface area contributed by atoms with E-state index in [-0.39, 0.29) is 11.7 Å². The third kappa shape index (κ3) is 2.83. The van der Waals surface area contributed by atoms with Gasteiger partial charge in [-0.3, -0.25) is 0 Å². The smallest absolute Gasteiger partial charge is 0.151 e. The molecule has 2 nitrogen and oxygen atoms in total. The maximum absolute atomic E-state index is 13.2. The van der Waals surface area contributed by atoms with Crippen LogP contribution in [-0.2, 0) is 0 Å². The van der Waals surface area contributed by atoms with Gasteiger partial charge in [-0.25, -0.2) is 8.78 Å². The summed E-state index contributed by atoms with van der Waals surface area (Å²) in [4.78, 5) is 0. The van der Waals surface area contributed by atoms with E-state index in [1.807, 2.05) is 11.8 Å². The predicted molar refractivity (Wildman–Crippen MR) is 69.3 cm³/mol. The molecule has 17 heavy (non-hydrogen) atoms. The molecule has 94 valence electrons. The van der Waals surface area contributed by atoms with Gasteiger partial charge in [-0.1, -0.05) is 0 Å². The average molecular weight is 258 g/mol. The molecule has 3 N–H and O–H groups in total. The zero-order chi connectivity index (χ0) is 12.4. The van der Waals surface area contributed by atoms with Gasteiger partial charge < -0.3 is 11.1 Å². The number of hydrogen-bond donors (Lipinski definition) is 2. The fourth-order valence-corrected chi connectivity index (χ4v) is 3.01. The number of nitrogen functional groups attached to an aromatic ring is 1. The SMILES string of the molecule is CSC1CCC(Nc2cc(F)cc(F)c2N)C1. The number of nitrogens with one attached hydrogen (secondary N) is 1. The maximum Gasteiger partial charge on any atom is 0.151 e. The van der Waals surface area contributed by atoms with Gasteiger partial charge >= 0.3 is 0 Å². The minimum Gasteiger partial charge on any atom is -0.395 e. The van der Waals surface area contributed by atoms with E-state index in [2.05, 4.69) is 11.6 Å². The van der Waals surface area contributed by atoms with Gasteiger partial charge in [0.1, 0.15) is 5.82 Å². The molecule has 2 rings (SSSR count). The summed E-state index contributed by atoms with van der Waals surface area (Å²) in [6.45, 7) is 0. The van der Waals surface area contributed by atoms with E-state index in [0.717, 1.165) is 25.3 Å². The number of nitrogens with two attached hydrogens (primary N) is 1. The lowest BCUT2D eigenvalue weighted by Crippen LogP contribution is -2.17. The molecule has 1 aromatic carbocycles. The van der Waals surface area contributed by atoms with Gasteiger partial charge in [0.2, 0.25) is 0 Å². The van der Waals surface area contributed by atoms with Crippen LogP contribution in [0, 0.1) is 11.6 Å². The minimum absolute atomic E-state index is 0.000925. The van der Waals surface area contributed by atoms with E-state index in [9.17, 15) is 8.78 Å². The quantitative estimate of drug-likeness (QED) is 0.817. The third-order valence-electron chi connectivity index (χ3n) is 3.17. The Morgan fingerprint density at radius 1 is 1.35 bits per heavy atom. The molecule has 0 aliphatic heterocycles. The van der Waals surface area contributed by atoms with Crippen molar-refractivity contribution in [2.75, 3.05) is 17.3 Å². The summed E-state index contributed by atoms with van der Waals surface area (Å²) in [7, 11) is 0. The minimum atomic E-state index is -0.702. The van der Waals surface area contributed by atoms with Crippen molar-refractivity contribution in [1.82, 2.24) is 0 Å². The van der Waals surface area contributed by atoms with E-state index < -0.39 is 11.6 Å². The Bertz CT molecular complexity index is 412. The number of anilines is 2. The second kappa shape index (κ2) is 5.12. The van der Waals surface area contributed by atoms with E-state index in [4.69, 9.17) is 5.73 Å². The van der Waals surface area contributed by atoms with Crippen LogP contribution in [0.1, 0.15) is 19.3 Å². The summed E-state index contributed by atoms with van der Waals surface area (Å²) in [6.07, 6.45) is 5.25. The molecule has 1 aromatic rings. The van der Waals surface area contributed by atoms with E-state index in [1.54, 1.807) is 0 Å². The lowest BCUT2D eigenvalue weighted by atomic mass is 10.2. The molecule has 1 aliphatic carbocycles. The first-order valence-electron chi connectivity index (χ1n) is 5.64. The lowest BCUT2D eigenvalue weighted by molar-refractivity contribution is 0.586. The Labute approximate surface area is 104 Å². The second-order valence-electron chi connectivity index (χ2n) is 4.36. The molecule has 0 amide bonds. The molecule has 0 aromatic heterocycles. The highest BCUT2D eigenvalue weighted by Gasteiger charge is 2.24. The van der Waals surface area contributed by atoms with Crippen molar-refractivity contribution in [2.24, 2.45) is 0 Å². The van der Waals surface area contributed by atoms with Crippen LogP contribution in [-0.4, -0.2) is 17.5 Å². The molecule has 2 unspecified atom stereocenters. The topological polar surface area (TPSA) is 38.0 Å². The lowest BCUT2D eigenvalue weighted by Gasteiger charge is -2.16. The molecule has 1 saturated carbocycles. The maximum atomic E-state index is 13.2. The van der Waals surface area contributed by atoms with Gasteiger partial charge in [-0.15, -0.1) is 0 Å². The number of benzene rings is 1. The summed E-state index contributed by atoms with van der Waals surface area (Å²) >= 11 is 1.84. The van der Waals surface area contributed by atoms with Crippen LogP contribution in [0.5, 0.6) is 0 Å². The zero-order valence-electron chi connectivity index (χ0n) is 9.67. The first kappa shape index (κ1) is 12.5. The molecular weight excluding hydrogens is 242 g/mol. The highest BCUT2D eigenvalue weighted by Crippen LogP contribution is 2.32. The summed E-state index contributed by atoms with van der Waals surface area (Å²) in [5.74, 6) is -1.30. The largest absolute Gasteiger partial charge is 0.395 e. The first-order chi connectivity index (χ1) is 8.10. The van der Waals surface area contributed by atoms with Crippen molar-refractivity contribution in [3.63, 3.8) is 0 Å². The Morgan fingerprint density at radius 3 is 2.76 bits per heavy atom. The van der Waals surface area contributed by atoms with Gasteiger partial charge in [0.15, 0.2) is 5.82 Å². The van der Waals surface area contributed by atoms with Crippen molar-refractivity contribution >= 4 is 23.1 Å². The number of halogens is 2. The van der Waals surface area contributed by atoms with Crippen LogP contribution >= 0.6 is 11.8 Å². The molecule has 0 radical (unpaired) electrons. The highest BCUT2D eigenvalue weighted by atomic mass is 32.2. The normalized spacial score (nSPS) is 23.9. The zero-order valence-corrected chi connectivity index (χ0v) is 10.5. The Kier molecular flexibility index (Phi) is 3.76. The van der Waals surface area contributed by atoms with E-state index in [1.165, 1.54) is 6.07 Å². The van der Waals surface area contributed by atoms with Crippen LogP contribution in [0.3, 0.4) is 0 Å². The van der Waals surface area contributed by atoms with Crippen LogP contribution in [0.25, 0.3) is 0 Å². The molecule has 0 saturated heterocycles. The Balaban J connectivity index is 2.09. The monoisotopic (exact) mass is 258 g/mol. The molecule has 0 bridgehead atoms. The van der Waals surface area contributed by atoms with E-state index >= 15 is 0 Å². The molecule has 2 atom stereocenters. The second-order valence-corrected chi connectivity index (χ2v) is 5.50. The van der Waals surface area contributed by atoms with Crippen LogP contribution in [0.2, 0.25) is 0 Å². The summed E-state index contributed by atoms with van der Waals surface area (Å²) < 4.78 is 26.3. The van der Waals surface area contributed by atoms with Gasteiger partial charge in [0.05, 0.1) is 11.4 Å². The van der Waals surface area contributed by atoms with Crippen molar-refractivity contribution < 1.29 is 8.78 Å². The van der Waals surface area contributed by atoms with Gasteiger partial charge in [0, 0.05) is 17.4 Å². The summed E-state index contributed by atoms with van der Waals surface area (Å²) in [5, 5.41) is 3.77. The number of rotatable bonds is 3. The number of thioether (sulfide) groups is 1. The van der Waals surface area contributed by atoms with Crippen LogP contribution < -0.4 is 11.1 Å². The van der Waals surface area contributed by atoms with Gasteiger partial charge in [-0.2, -0.15) is 11.8 Å². The molecule has 0 spiro atoms.